The van der Waals surface area contributed by atoms with Crippen LogP contribution in [0.3, 0.4) is 0 Å². The second-order valence-electron chi connectivity index (χ2n) is 9.50. The van der Waals surface area contributed by atoms with E-state index in [-0.39, 0.29) is 22.5 Å². The van der Waals surface area contributed by atoms with E-state index >= 15 is 0 Å². The lowest BCUT2D eigenvalue weighted by Gasteiger charge is -2.56. The maximum Gasteiger partial charge on any atom is 0.155 e. The molecule has 0 spiro atoms. The van der Waals surface area contributed by atoms with Crippen LogP contribution in [0.5, 0.6) is 0 Å². The van der Waals surface area contributed by atoms with E-state index in [4.69, 9.17) is 0 Å². The van der Waals surface area contributed by atoms with Crippen LogP contribution in [0.2, 0.25) is 0 Å². The molecule has 5 atom stereocenters. The zero-order valence-corrected chi connectivity index (χ0v) is 16.2. The summed E-state index contributed by atoms with van der Waals surface area (Å²) in [6, 6.07) is 4.11. The number of fused-ring (bicyclic) bond motifs is 5. The molecule has 4 aliphatic carbocycles. The fourth-order valence-corrected chi connectivity index (χ4v) is 6.93. The van der Waals surface area contributed by atoms with Crippen LogP contribution < -0.4 is 0 Å². The van der Waals surface area contributed by atoms with E-state index in [1.54, 1.807) is 6.20 Å². The number of carbonyl (C=O) groups excluding carboxylic acids is 2. The van der Waals surface area contributed by atoms with Gasteiger partial charge >= 0.3 is 0 Å². The average Bonchev–Trinajstić information content (AvgIpc) is 2.99. The number of nitrogens with zero attached hydrogens (tertiary/aromatic N) is 1. The van der Waals surface area contributed by atoms with Gasteiger partial charge in [0, 0.05) is 36.6 Å². The number of ketones is 2. The van der Waals surface area contributed by atoms with Crippen LogP contribution in [0.25, 0.3) is 5.57 Å². The summed E-state index contributed by atoms with van der Waals surface area (Å²) < 4.78 is 0. The third kappa shape index (κ3) is 2.30. The predicted molar refractivity (Wildman–Crippen MR) is 105 cm³/mol. The Bertz CT molecular complexity index is 883. The number of Topliss-reactive ketones (excluding diaryl/α,β-unsaturated/α-hetero) is 1. The minimum absolute atomic E-state index is 0.0800. The molecule has 140 valence electrons. The Balaban J connectivity index is 1.53. The lowest BCUT2D eigenvalue weighted by molar-refractivity contribution is -0.142. The van der Waals surface area contributed by atoms with Gasteiger partial charge in [-0.1, -0.05) is 31.6 Å². The van der Waals surface area contributed by atoms with Gasteiger partial charge in [-0.2, -0.15) is 0 Å². The standard InChI is InChI=1S/C24H27NO2/c1-23-10-9-17(26)12-16(23)5-6-18-20-8-7-19(15-4-3-11-25-14-15)24(20,2)13-21(27)22(18)23/h3-4,7,11-12,14,18,20,22H,5-6,8-10,13H2,1-2H3/t18-,20-,22+,23-,24+/m0/s1. The van der Waals surface area contributed by atoms with Crippen LogP contribution in [0.15, 0.2) is 42.3 Å². The molecule has 3 nitrogen and oxygen atoms in total. The van der Waals surface area contributed by atoms with Crippen molar-refractivity contribution in [2.24, 2.45) is 28.6 Å². The van der Waals surface area contributed by atoms with Gasteiger partial charge in [0.1, 0.15) is 5.78 Å². The van der Waals surface area contributed by atoms with E-state index < -0.39 is 0 Å². The van der Waals surface area contributed by atoms with Crippen LogP contribution in [-0.2, 0) is 9.59 Å². The molecule has 0 amide bonds. The van der Waals surface area contributed by atoms with Crippen molar-refractivity contribution in [1.29, 1.82) is 0 Å². The van der Waals surface area contributed by atoms with Gasteiger partial charge in [0.05, 0.1) is 0 Å². The molecule has 0 radical (unpaired) electrons. The van der Waals surface area contributed by atoms with Crippen molar-refractivity contribution in [3.8, 4) is 0 Å². The van der Waals surface area contributed by atoms with E-state index in [0.29, 0.717) is 30.5 Å². The summed E-state index contributed by atoms with van der Waals surface area (Å²) >= 11 is 0. The molecule has 1 aromatic heterocycles. The van der Waals surface area contributed by atoms with Crippen LogP contribution in [0.4, 0.5) is 0 Å². The van der Waals surface area contributed by atoms with Gasteiger partial charge in [-0.3, -0.25) is 14.6 Å². The molecule has 0 bridgehead atoms. The monoisotopic (exact) mass is 361 g/mol. The average molecular weight is 361 g/mol. The molecule has 4 aliphatic rings. The third-order valence-corrected chi connectivity index (χ3v) is 8.21. The normalized spacial score (nSPS) is 40.6. The summed E-state index contributed by atoms with van der Waals surface area (Å²) in [5.74, 6) is 1.70. The van der Waals surface area contributed by atoms with E-state index in [0.717, 1.165) is 25.7 Å². The van der Waals surface area contributed by atoms with E-state index in [2.05, 4.69) is 31.0 Å². The molecule has 0 saturated heterocycles. The maximum atomic E-state index is 13.5. The van der Waals surface area contributed by atoms with Gasteiger partial charge in [-0.15, -0.1) is 0 Å². The number of hydrogen-bond donors (Lipinski definition) is 0. The number of carbonyl (C=O) groups is 2. The first-order valence-corrected chi connectivity index (χ1v) is 10.3. The van der Waals surface area contributed by atoms with Crippen molar-refractivity contribution in [1.82, 2.24) is 4.98 Å². The molecule has 2 fully saturated rings. The smallest absolute Gasteiger partial charge is 0.155 e. The molecule has 1 heterocycles. The SMILES string of the molecule is C[C@]12CCC(=O)C=C1CC[C@@H]1[C@@H]2C(=O)C[C@]2(C)C(c3cccnc3)=CC[C@@H]12. The van der Waals surface area contributed by atoms with Crippen molar-refractivity contribution in [3.63, 3.8) is 0 Å². The minimum atomic E-state index is -0.105. The Morgan fingerprint density at radius 3 is 2.78 bits per heavy atom. The Hall–Kier alpha value is -2.03. The Labute approximate surface area is 161 Å². The Morgan fingerprint density at radius 1 is 1.15 bits per heavy atom. The number of pyridine rings is 1. The van der Waals surface area contributed by atoms with Gasteiger partial charge < -0.3 is 0 Å². The molecular weight excluding hydrogens is 334 g/mol. The summed E-state index contributed by atoms with van der Waals surface area (Å²) in [5, 5.41) is 0. The molecule has 0 aromatic carbocycles. The molecule has 0 N–H and O–H groups in total. The summed E-state index contributed by atoms with van der Waals surface area (Å²) in [6.45, 7) is 4.56. The van der Waals surface area contributed by atoms with Crippen molar-refractivity contribution in [3.05, 3.63) is 47.8 Å². The van der Waals surface area contributed by atoms with Crippen molar-refractivity contribution >= 4 is 17.1 Å². The molecule has 1 aromatic rings. The summed E-state index contributed by atoms with van der Waals surface area (Å²) in [7, 11) is 0. The van der Waals surface area contributed by atoms with Crippen molar-refractivity contribution in [2.45, 2.75) is 52.4 Å². The lowest BCUT2D eigenvalue weighted by Crippen LogP contribution is -2.54. The highest BCUT2D eigenvalue weighted by Gasteiger charge is 2.60. The zero-order valence-electron chi connectivity index (χ0n) is 16.2. The van der Waals surface area contributed by atoms with Gasteiger partial charge in [0.25, 0.3) is 0 Å². The fraction of sp³-hybridized carbons (Fsp3) is 0.542. The quantitative estimate of drug-likeness (QED) is 0.723. The molecule has 5 rings (SSSR count). The minimum Gasteiger partial charge on any atom is -0.299 e. The lowest BCUT2D eigenvalue weighted by atomic mass is 9.46. The van der Waals surface area contributed by atoms with Crippen LogP contribution >= 0.6 is 0 Å². The van der Waals surface area contributed by atoms with Gasteiger partial charge in [-0.25, -0.2) is 0 Å². The first kappa shape index (κ1) is 17.1. The highest BCUT2D eigenvalue weighted by molar-refractivity contribution is 5.93. The Kier molecular flexibility index (Phi) is 3.63. The Morgan fingerprint density at radius 2 is 2.00 bits per heavy atom. The number of aromatic nitrogens is 1. The van der Waals surface area contributed by atoms with Gasteiger partial charge in [0.15, 0.2) is 5.78 Å². The summed E-state index contributed by atoms with van der Waals surface area (Å²) in [4.78, 5) is 29.8. The van der Waals surface area contributed by atoms with Crippen molar-refractivity contribution in [2.75, 3.05) is 0 Å². The summed E-state index contributed by atoms with van der Waals surface area (Å²) in [5.41, 5.74) is 3.54. The molecule has 0 aliphatic heterocycles. The second kappa shape index (κ2) is 5.73. The first-order valence-electron chi connectivity index (χ1n) is 10.3. The molecule has 0 unspecified atom stereocenters. The number of rotatable bonds is 1. The topological polar surface area (TPSA) is 47.0 Å². The van der Waals surface area contributed by atoms with Crippen molar-refractivity contribution < 1.29 is 9.59 Å². The largest absolute Gasteiger partial charge is 0.299 e. The highest BCUT2D eigenvalue weighted by Crippen LogP contribution is 2.65. The second-order valence-corrected chi connectivity index (χ2v) is 9.50. The van der Waals surface area contributed by atoms with E-state index in [1.807, 2.05) is 18.3 Å². The fourth-order valence-electron chi connectivity index (χ4n) is 6.93. The van der Waals surface area contributed by atoms with E-state index in [9.17, 15) is 9.59 Å². The van der Waals surface area contributed by atoms with Crippen LogP contribution in [0, 0.1) is 28.6 Å². The zero-order chi connectivity index (χ0) is 18.8. The van der Waals surface area contributed by atoms with Crippen LogP contribution in [0.1, 0.15) is 57.9 Å². The number of hydrogen-bond acceptors (Lipinski definition) is 3. The van der Waals surface area contributed by atoms with Crippen LogP contribution in [-0.4, -0.2) is 16.6 Å². The van der Waals surface area contributed by atoms with Gasteiger partial charge in [-0.05, 0) is 66.2 Å². The molecule has 2 saturated carbocycles. The highest BCUT2D eigenvalue weighted by atomic mass is 16.1. The predicted octanol–water partition coefficient (Wildman–Crippen LogP) is 4.79. The van der Waals surface area contributed by atoms with Gasteiger partial charge in [0.2, 0.25) is 0 Å². The van der Waals surface area contributed by atoms with E-state index in [1.165, 1.54) is 16.7 Å². The molecular formula is C24H27NO2. The third-order valence-electron chi connectivity index (χ3n) is 8.21. The molecule has 27 heavy (non-hydrogen) atoms. The first-order chi connectivity index (χ1) is 12.9. The molecule has 3 heteroatoms. The maximum absolute atomic E-state index is 13.5. The number of allylic oxidation sites excluding steroid dienone is 4. The summed E-state index contributed by atoms with van der Waals surface area (Å²) in [6.07, 6.45) is 13.1.